The number of thioether (sulfide) groups is 1. The van der Waals surface area contributed by atoms with Crippen LogP contribution in [0.4, 0.5) is 16.2 Å². The van der Waals surface area contributed by atoms with Gasteiger partial charge < -0.3 is 16.4 Å². The number of pyridine rings is 2. The van der Waals surface area contributed by atoms with E-state index in [1.807, 2.05) is 48.5 Å². The van der Waals surface area contributed by atoms with Gasteiger partial charge in [-0.1, -0.05) is 30.0 Å². The number of hydrogen-bond acceptors (Lipinski definition) is 6. The highest BCUT2D eigenvalue weighted by Crippen LogP contribution is 2.50. The third-order valence-electron chi connectivity index (χ3n) is 6.73. The van der Waals surface area contributed by atoms with E-state index in [0.717, 1.165) is 52.5 Å². The number of hydrogen-bond donors (Lipinski definition) is 3. The predicted molar refractivity (Wildman–Crippen MR) is 131 cm³/mol. The van der Waals surface area contributed by atoms with Crippen molar-refractivity contribution in [3.05, 3.63) is 66.5 Å². The number of aromatic nitrogens is 2. The van der Waals surface area contributed by atoms with E-state index >= 15 is 0 Å². The fourth-order valence-corrected chi connectivity index (χ4v) is 6.29. The Morgan fingerprint density at radius 3 is 2.82 bits per heavy atom. The molecule has 9 heteroatoms. The molecule has 0 radical (unpaired) electrons. The first-order valence-electron chi connectivity index (χ1n) is 11.4. The molecule has 1 aliphatic carbocycles. The Bertz CT molecular complexity index is 1270. The summed E-state index contributed by atoms with van der Waals surface area (Å²) in [7, 11) is 0. The Kier molecular flexibility index (Phi) is 5.23. The standard InChI is InChI=1S/C25H24N6O2S/c26-16-7-4-9-18(16)29-23(32)22-21-20-19(10-12-28-24(20)34-22)31(25(33)30-21)15-6-3-5-14(13-15)17-8-1-2-11-27-17/h1-3,5-6,8,10-13,16,18,21-22H,4,7,9,26H2,(H,29,32)(H,30,33)/t16-,18+,21?,22?/m0/s1. The molecule has 1 aromatic carbocycles. The number of amides is 3. The lowest BCUT2D eigenvalue weighted by Crippen LogP contribution is -2.52. The lowest BCUT2D eigenvalue weighted by atomic mass is 9.99. The molecule has 4 atom stereocenters. The molecule has 3 aliphatic rings. The normalized spacial score (nSPS) is 25.1. The monoisotopic (exact) mass is 472 g/mol. The Balaban J connectivity index is 1.33. The first-order valence-corrected chi connectivity index (χ1v) is 12.3. The van der Waals surface area contributed by atoms with Gasteiger partial charge in [0.1, 0.15) is 10.3 Å². The second-order valence-electron chi connectivity index (χ2n) is 8.83. The predicted octanol–water partition coefficient (Wildman–Crippen LogP) is 3.52. The zero-order valence-electron chi connectivity index (χ0n) is 18.3. The number of urea groups is 1. The minimum Gasteiger partial charge on any atom is -0.351 e. The number of rotatable bonds is 4. The highest BCUT2D eigenvalue weighted by Gasteiger charge is 2.47. The minimum atomic E-state index is -0.484. The summed E-state index contributed by atoms with van der Waals surface area (Å²) in [6.45, 7) is 0. The number of carbonyl (C=O) groups excluding carboxylic acids is 2. The van der Waals surface area contributed by atoms with Crippen molar-refractivity contribution >= 4 is 35.1 Å². The molecular formula is C25H24N6O2S. The van der Waals surface area contributed by atoms with E-state index < -0.39 is 11.3 Å². The summed E-state index contributed by atoms with van der Waals surface area (Å²) >= 11 is 1.40. The smallest absolute Gasteiger partial charge is 0.327 e. The highest BCUT2D eigenvalue weighted by molar-refractivity contribution is 8.01. The topological polar surface area (TPSA) is 113 Å². The number of nitrogens with zero attached hydrogens (tertiary/aromatic N) is 3. The molecule has 0 saturated heterocycles. The van der Waals surface area contributed by atoms with E-state index in [9.17, 15) is 9.59 Å². The van der Waals surface area contributed by atoms with Crippen LogP contribution >= 0.6 is 11.8 Å². The summed E-state index contributed by atoms with van der Waals surface area (Å²) in [5.41, 5.74) is 10.3. The van der Waals surface area contributed by atoms with E-state index in [2.05, 4.69) is 20.6 Å². The first kappa shape index (κ1) is 21.1. The molecule has 1 saturated carbocycles. The Morgan fingerprint density at radius 1 is 1.12 bits per heavy atom. The average molecular weight is 473 g/mol. The molecular weight excluding hydrogens is 448 g/mol. The molecule has 8 nitrogen and oxygen atoms in total. The molecule has 0 bridgehead atoms. The summed E-state index contributed by atoms with van der Waals surface area (Å²) < 4.78 is 0. The molecule has 0 spiro atoms. The quantitative estimate of drug-likeness (QED) is 0.536. The largest absolute Gasteiger partial charge is 0.351 e. The fourth-order valence-electron chi connectivity index (χ4n) is 5.05. The summed E-state index contributed by atoms with van der Waals surface area (Å²) in [4.78, 5) is 37.2. The van der Waals surface area contributed by atoms with Crippen molar-refractivity contribution in [2.24, 2.45) is 5.73 Å². The van der Waals surface area contributed by atoms with E-state index in [1.54, 1.807) is 17.3 Å². The second-order valence-corrected chi connectivity index (χ2v) is 9.96. The van der Waals surface area contributed by atoms with Crippen LogP contribution in [0.1, 0.15) is 30.9 Å². The lowest BCUT2D eigenvalue weighted by molar-refractivity contribution is -0.121. The summed E-state index contributed by atoms with van der Waals surface area (Å²) in [5, 5.41) is 6.46. The van der Waals surface area contributed by atoms with Gasteiger partial charge in [-0.05, 0) is 49.6 Å². The van der Waals surface area contributed by atoms with Crippen LogP contribution in [0.15, 0.2) is 66.0 Å². The highest BCUT2D eigenvalue weighted by atomic mass is 32.2. The van der Waals surface area contributed by atoms with Crippen LogP contribution in [0, 0.1) is 0 Å². The average Bonchev–Trinajstić information content (AvgIpc) is 3.44. The molecule has 34 heavy (non-hydrogen) atoms. The van der Waals surface area contributed by atoms with Crippen molar-refractivity contribution in [2.75, 3.05) is 4.90 Å². The molecule has 4 heterocycles. The Hall–Kier alpha value is -3.43. The van der Waals surface area contributed by atoms with Crippen LogP contribution < -0.4 is 21.3 Å². The van der Waals surface area contributed by atoms with Gasteiger partial charge in [0.05, 0.1) is 23.1 Å². The molecule has 3 amide bonds. The zero-order chi connectivity index (χ0) is 23.2. The van der Waals surface area contributed by atoms with Gasteiger partial charge in [-0.15, -0.1) is 0 Å². The van der Waals surface area contributed by atoms with Crippen LogP contribution in [0.3, 0.4) is 0 Å². The number of benzene rings is 1. The van der Waals surface area contributed by atoms with E-state index in [4.69, 9.17) is 5.73 Å². The number of nitrogens with one attached hydrogen (secondary N) is 2. The van der Waals surface area contributed by atoms with Crippen molar-refractivity contribution in [1.29, 1.82) is 0 Å². The van der Waals surface area contributed by atoms with Gasteiger partial charge in [0, 0.05) is 35.6 Å². The molecule has 4 N–H and O–H groups in total. The summed E-state index contributed by atoms with van der Waals surface area (Å²) in [6.07, 6.45) is 6.26. The van der Waals surface area contributed by atoms with Crippen molar-refractivity contribution in [1.82, 2.24) is 20.6 Å². The molecule has 1 fully saturated rings. The minimum absolute atomic E-state index is 0.0191. The van der Waals surface area contributed by atoms with Crippen LogP contribution in [0.5, 0.6) is 0 Å². The third-order valence-corrected chi connectivity index (χ3v) is 8.02. The van der Waals surface area contributed by atoms with Crippen molar-refractivity contribution < 1.29 is 9.59 Å². The first-order chi connectivity index (χ1) is 16.6. The Morgan fingerprint density at radius 2 is 2.03 bits per heavy atom. The van der Waals surface area contributed by atoms with Crippen LogP contribution in [-0.2, 0) is 4.79 Å². The maximum absolute atomic E-state index is 13.4. The van der Waals surface area contributed by atoms with Gasteiger partial charge in [0.25, 0.3) is 0 Å². The fraction of sp³-hybridized carbons (Fsp3) is 0.280. The van der Waals surface area contributed by atoms with Gasteiger partial charge in [0.2, 0.25) is 5.91 Å². The van der Waals surface area contributed by atoms with Crippen LogP contribution in [0.2, 0.25) is 0 Å². The van der Waals surface area contributed by atoms with Crippen molar-refractivity contribution in [3.8, 4) is 11.3 Å². The van der Waals surface area contributed by atoms with Gasteiger partial charge in [-0.2, -0.15) is 0 Å². The number of carbonyl (C=O) groups is 2. The lowest BCUT2D eigenvalue weighted by Gasteiger charge is -2.34. The third kappa shape index (κ3) is 3.52. The summed E-state index contributed by atoms with van der Waals surface area (Å²) in [6, 6.07) is 14.6. The van der Waals surface area contributed by atoms with Crippen molar-refractivity contribution in [3.63, 3.8) is 0 Å². The molecule has 2 aromatic heterocycles. The number of anilines is 2. The van der Waals surface area contributed by atoms with Gasteiger partial charge >= 0.3 is 6.03 Å². The maximum Gasteiger partial charge on any atom is 0.327 e. The molecule has 3 aromatic rings. The van der Waals surface area contributed by atoms with Gasteiger partial charge in [-0.3, -0.25) is 14.7 Å². The van der Waals surface area contributed by atoms with Crippen molar-refractivity contribution in [2.45, 2.75) is 47.7 Å². The maximum atomic E-state index is 13.4. The number of nitrogens with two attached hydrogens (primary N) is 1. The van der Waals surface area contributed by atoms with Crippen LogP contribution in [0.25, 0.3) is 11.3 Å². The van der Waals surface area contributed by atoms with E-state index in [0.29, 0.717) is 0 Å². The van der Waals surface area contributed by atoms with E-state index in [1.165, 1.54) is 11.8 Å². The van der Waals surface area contributed by atoms with Crippen LogP contribution in [-0.4, -0.2) is 39.2 Å². The van der Waals surface area contributed by atoms with Gasteiger partial charge in [0.15, 0.2) is 0 Å². The van der Waals surface area contributed by atoms with Gasteiger partial charge in [-0.25, -0.2) is 9.78 Å². The molecule has 172 valence electrons. The molecule has 2 unspecified atom stereocenters. The second kappa shape index (κ2) is 8.41. The summed E-state index contributed by atoms with van der Waals surface area (Å²) in [5.74, 6) is -0.104. The zero-order valence-corrected chi connectivity index (χ0v) is 19.2. The molecule has 2 aliphatic heterocycles. The SMILES string of the molecule is N[C@H]1CCC[C@H]1NC(=O)C1Sc2nccc3c2C1NC(=O)N3c1cccc(-c2ccccn2)c1. The molecule has 6 rings (SSSR count). The Labute approximate surface area is 201 Å². The van der Waals surface area contributed by atoms with E-state index in [-0.39, 0.29) is 24.0 Å².